The number of aromatic nitrogens is 2. The first-order valence-electron chi connectivity index (χ1n) is 5.16. The highest BCUT2D eigenvalue weighted by Crippen LogP contribution is 2.31. The van der Waals surface area contributed by atoms with Crippen LogP contribution < -0.4 is 5.73 Å². The first-order valence-corrected chi connectivity index (χ1v) is 6.77. The Labute approximate surface area is 113 Å². The van der Waals surface area contributed by atoms with Gasteiger partial charge >= 0.3 is 0 Å². The van der Waals surface area contributed by atoms with E-state index in [9.17, 15) is 0 Å². The van der Waals surface area contributed by atoms with E-state index in [-0.39, 0.29) is 6.04 Å². The number of halogens is 1. The van der Waals surface area contributed by atoms with Crippen molar-refractivity contribution in [2.75, 3.05) is 0 Å². The minimum Gasteiger partial charge on any atom is -0.323 e. The van der Waals surface area contributed by atoms with Crippen molar-refractivity contribution in [1.82, 2.24) is 9.97 Å². The SMILES string of the molecule is C[C@H](N)c1ccc(Sc2ncccc2Br)cn1. The molecule has 5 heteroatoms. The van der Waals surface area contributed by atoms with Crippen LogP contribution in [0.25, 0.3) is 0 Å². The van der Waals surface area contributed by atoms with E-state index in [1.165, 1.54) is 0 Å². The highest BCUT2D eigenvalue weighted by molar-refractivity contribution is 9.10. The Kier molecular flexibility index (Phi) is 4.15. The summed E-state index contributed by atoms with van der Waals surface area (Å²) in [4.78, 5) is 9.66. The van der Waals surface area contributed by atoms with E-state index >= 15 is 0 Å². The molecule has 3 nitrogen and oxygen atoms in total. The van der Waals surface area contributed by atoms with Gasteiger partial charge in [0.15, 0.2) is 0 Å². The summed E-state index contributed by atoms with van der Waals surface area (Å²) in [7, 11) is 0. The zero-order valence-electron chi connectivity index (χ0n) is 9.30. The van der Waals surface area contributed by atoms with Gasteiger partial charge in [-0.25, -0.2) is 4.98 Å². The van der Waals surface area contributed by atoms with Crippen molar-refractivity contribution >= 4 is 27.7 Å². The second kappa shape index (κ2) is 5.62. The zero-order chi connectivity index (χ0) is 12.3. The van der Waals surface area contributed by atoms with E-state index in [0.29, 0.717) is 0 Å². The van der Waals surface area contributed by atoms with Gasteiger partial charge in [0.2, 0.25) is 0 Å². The Balaban J connectivity index is 2.17. The third-order valence-electron chi connectivity index (χ3n) is 2.16. The van der Waals surface area contributed by atoms with Gasteiger partial charge in [-0.3, -0.25) is 4.98 Å². The lowest BCUT2D eigenvalue weighted by Crippen LogP contribution is -2.06. The lowest BCUT2D eigenvalue weighted by molar-refractivity contribution is 0.777. The minimum absolute atomic E-state index is 0.0318. The van der Waals surface area contributed by atoms with Crippen LogP contribution in [0.1, 0.15) is 18.7 Å². The van der Waals surface area contributed by atoms with E-state index < -0.39 is 0 Å². The lowest BCUT2D eigenvalue weighted by Gasteiger charge is -2.06. The van der Waals surface area contributed by atoms with Crippen LogP contribution >= 0.6 is 27.7 Å². The van der Waals surface area contributed by atoms with Crippen LogP contribution in [-0.2, 0) is 0 Å². The Morgan fingerprint density at radius 3 is 2.71 bits per heavy atom. The van der Waals surface area contributed by atoms with Gasteiger partial charge in [-0.05, 0) is 47.1 Å². The molecule has 0 aromatic carbocycles. The lowest BCUT2D eigenvalue weighted by atomic mass is 10.2. The molecule has 0 aliphatic carbocycles. The number of rotatable bonds is 3. The van der Waals surface area contributed by atoms with Crippen molar-refractivity contribution in [2.45, 2.75) is 22.9 Å². The van der Waals surface area contributed by atoms with E-state index in [2.05, 4.69) is 25.9 Å². The second-order valence-electron chi connectivity index (χ2n) is 3.60. The van der Waals surface area contributed by atoms with Gasteiger partial charge in [0, 0.05) is 23.3 Å². The summed E-state index contributed by atoms with van der Waals surface area (Å²) in [5, 5.41) is 0.933. The van der Waals surface area contributed by atoms with E-state index in [0.717, 1.165) is 20.1 Å². The standard InChI is InChI=1S/C12H12BrN3S/c1-8(14)11-5-4-9(7-16-11)17-12-10(13)3-2-6-15-12/h2-8H,14H2,1H3/t8-/m0/s1. The van der Waals surface area contributed by atoms with E-state index in [1.807, 2.05) is 37.4 Å². The minimum atomic E-state index is -0.0318. The van der Waals surface area contributed by atoms with Gasteiger partial charge in [0.1, 0.15) is 5.03 Å². The molecule has 2 heterocycles. The highest BCUT2D eigenvalue weighted by Gasteiger charge is 2.05. The maximum atomic E-state index is 5.75. The van der Waals surface area contributed by atoms with Crippen molar-refractivity contribution in [3.63, 3.8) is 0 Å². The fourth-order valence-electron chi connectivity index (χ4n) is 1.28. The molecule has 2 aromatic heterocycles. The smallest absolute Gasteiger partial charge is 0.115 e. The summed E-state index contributed by atoms with van der Waals surface area (Å²) < 4.78 is 0.987. The maximum Gasteiger partial charge on any atom is 0.115 e. The molecular weight excluding hydrogens is 298 g/mol. The summed E-state index contributed by atoms with van der Waals surface area (Å²) in [5.74, 6) is 0. The summed E-state index contributed by atoms with van der Waals surface area (Å²) in [5.41, 5.74) is 6.65. The quantitative estimate of drug-likeness (QED) is 0.944. The molecule has 0 fully saturated rings. The zero-order valence-corrected chi connectivity index (χ0v) is 11.7. The molecule has 0 aliphatic heterocycles. The fraction of sp³-hybridized carbons (Fsp3) is 0.167. The predicted octanol–water partition coefficient (Wildman–Crippen LogP) is 3.41. The van der Waals surface area contributed by atoms with Gasteiger partial charge in [-0.2, -0.15) is 0 Å². The third-order valence-corrected chi connectivity index (χ3v) is 4.06. The monoisotopic (exact) mass is 309 g/mol. The van der Waals surface area contributed by atoms with Crippen molar-refractivity contribution in [3.05, 3.63) is 46.8 Å². The number of hydrogen-bond acceptors (Lipinski definition) is 4. The third kappa shape index (κ3) is 3.28. The molecule has 0 saturated heterocycles. The average Bonchev–Trinajstić information content (AvgIpc) is 2.33. The summed E-state index contributed by atoms with van der Waals surface area (Å²) in [6, 6.07) is 7.79. The molecule has 2 aromatic rings. The van der Waals surface area contributed by atoms with Crippen LogP contribution in [0, 0.1) is 0 Å². The van der Waals surface area contributed by atoms with Crippen LogP contribution in [0.4, 0.5) is 0 Å². The molecule has 0 spiro atoms. The molecule has 17 heavy (non-hydrogen) atoms. The van der Waals surface area contributed by atoms with Gasteiger partial charge < -0.3 is 5.73 Å². The first-order chi connectivity index (χ1) is 8.16. The first kappa shape index (κ1) is 12.5. The van der Waals surface area contributed by atoms with Crippen molar-refractivity contribution < 1.29 is 0 Å². The van der Waals surface area contributed by atoms with E-state index in [1.54, 1.807) is 18.0 Å². The Bertz CT molecular complexity index is 499. The Morgan fingerprint density at radius 2 is 2.12 bits per heavy atom. The molecule has 0 bridgehead atoms. The molecule has 2 N–H and O–H groups in total. The topological polar surface area (TPSA) is 51.8 Å². The summed E-state index contributed by atoms with van der Waals surface area (Å²) in [6.45, 7) is 1.92. The molecule has 0 radical (unpaired) electrons. The number of nitrogens with two attached hydrogens (primary N) is 1. The molecule has 0 saturated carbocycles. The largest absolute Gasteiger partial charge is 0.323 e. The molecular formula is C12H12BrN3S. The highest BCUT2D eigenvalue weighted by atomic mass is 79.9. The van der Waals surface area contributed by atoms with Crippen LogP contribution in [0.5, 0.6) is 0 Å². The van der Waals surface area contributed by atoms with Crippen molar-refractivity contribution in [3.8, 4) is 0 Å². The van der Waals surface area contributed by atoms with Crippen molar-refractivity contribution in [1.29, 1.82) is 0 Å². The Hall–Kier alpha value is -0.910. The van der Waals surface area contributed by atoms with Gasteiger partial charge in [0.05, 0.1) is 10.2 Å². The molecule has 1 atom stereocenters. The maximum absolute atomic E-state index is 5.75. The molecule has 0 amide bonds. The number of nitrogens with zero attached hydrogens (tertiary/aromatic N) is 2. The molecule has 88 valence electrons. The van der Waals surface area contributed by atoms with E-state index in [4.69, 9.17) is 5.73 Å². The predicted molar refractivity (Wildman–Crippen MR) is 72.9 cm³/mol. The van der Waals surface area contributed by atoms with Crippen LogP contribution in [-0.4, -0.2) is 9.97 Å². The second-order valence-corrected chi connectivity index (χ2v) is 5.52. The van der Waals surface area contributed by atoms with Gasteiger partial charge in [-0.1, -0.05) is 11.8 Å². The number of hydrogen-bond donors (Lipinski definition) is 1. The van der Waals surface area contributed by atoms with Gasteiger partial charge in [0.25, 0.3) is 0 Å². The molecule has 0 aliphatic rings. The normalized spacial score (nSPS) is 12.4. The molecule has 0 unspecified atom stereocenters. The Morgan fingerprint density at radius 1 is 1.29 bits per heavy atom. The summed E-state index contributed by atoms with van der Waals surface area (Å²) in [6.07, 6.45) is 3.60. The number of pyridine rings is 2. The fourth-order valence-corrected chi connectivity index (χ4v) is 2.52. The van der Waals surface area contributed by atoms with Gasteiger partial charge in [-0.15, -0.1) is 0 Å². The summed E-state index contributed by atoms with van der Waals surface area (Å²) >= 11 is 5.04. The molecule has 2 rings (SSSR count). The van der Waals surface area contributed by atoms with Crippen LogP contribution in [0.3, 0.4) is 0 Å². The van der Waals surface area contributed by atoms with Crippen molar-refractivity contribution in [2.24, 2.45) is 5.73 Å². The van der Waals surface area contributed by atoms with Crippen LogP contribution in [0.15, 0.2) is 51.1 Å². The average molecular weight is 310 g/mol. The van der Waals surface area contributed by atoms with Crippen LogP contribution in [0.2, 0.25) is 0 Å².